The molecule has 3 heterocycles. The molecule has 0 bridgehead atoms. The van der Waals surface area contributed by atoms with Gasteiger partial charge in [-0.15, -0.1) is 0 Å². The first-order chi connectivity index (χ1) is 13.5. The highest BCUT2D eigenvalue weighted by atomic mass is 16.1. The maximum atomic E-state index is 12.4. The van der Waals surface area contributed by atoms with E-state index in [1.54, 1.807) is 6.20 Å². The van der Waals surface area contributed by atoms with Gasteiger partial charge in [-0.3, -0.25) is 14.5 Å². The van der Waals surface area contributed by atoms with Crippen LogP contribution in [0.2, 0.25) is 0 Å². The minimum atomic E-state index is 0.0406. The van der Waals surface area contributed by atoms with Gasteiger partial charge in [-0.2, -0.15) is 5.10 Å². The summed E-state index contributed by atoms with van der Waals surface area (Å²) < 4.78 is 1.83. The Kier molecular flexibility index (Phi) is 4.51. The fraction of sp³-hybridized carbons (Fsp3) is 0.217. The van der Waals surface area contributed by atoms with Crippen LogP contribution in [0, 0.1) is 13.8 Å². The van der Waals surface area contributed by atoms with Crippen LogP contribution in [0.5, 0.6) is 0 Å². The van der Waals surface area contributed by atoms with E-state index < -0.39 is 0 Å². The van der Waals surface area contributed by atoms with Gasteiger partial charge in [0.05, 0.1) is 11.2 Å². The second-order valence-electron chi connectivity index (χ2n) is 7.00. The second kappa shape index (κ2) is 7.00. The Morgan fingerprint density at radius 1 is 1.07 bits per heavy atom. The van der Waals surface area contributed by atoms with Crippen LogP contribution in [0.15, 0.2) is 48.9 Å². The molecule has 5 heteroatoms. The number of fused-ring (bicyclic) bond motifs is 1. The summed E-state index contributed by atoms with van der Waals surface area (Å²) in [5.41, 5.74) is 7.84. The number of rotatable bonds is 4. The van der Waals surface area contributed by atoms with Gasteiger partial charge in [-0.1, -0.05) is 6.92 Å². The van der Waals surface area contributed by atoms with Gasteiger partial charge in [0.1, 0.15) is 5.69 Å². The quantitative estimate of drug-likeness (QED) is 0.479. The molecular weight excluding hydrogens is 348 g/mol. The lowest BCUT2D eigenvalue weighted by Crippen LogP contribution is -2.05. The number of hydrogen-bond acceptors (Lipinski definition) is 4. The lowest BCUT2D eigenvalue weighted by molar-refractivity contribution is 0.0984. The van der Waals surface area contributed by atoms with Crippen molar-refractivity contribution >= 4 is 16.7 Å². The molecule has 0 spiro atoms. The third-order valence-electron chi connectivity index (χ3n) is 5.22. The van der Waals surface area contributed by atoms with E-state index in [0.717, 1.165) is 38.9 Å². The van der Waals surface area contributed by atoms with Gasteiger partial charge in [0.2, 0.25) is 0 Å². The van der Waals surface area contributed by atoms with Crippen LogP contribution in [0.1, 0.15) is 35.0 Å². The minimum Gasteiger partial charge on any atom is -0.292 e. The molecule has 4 rings (SSSR count). The molecule has 0 radical (unpaired) electrons. The summed E-state index contributed by atoms with van der Waals surface area (Å²) in [6, 6.07) is 10.00. The van der Waals surface area contributed by atoms with Crippen LogP contribution in [-0.4, -0.2) is 25.5 Å². The summed E-state index contributed by atoms with van der Waals surface area (Å²) in [6.45, 7) is 6.07. The average Bonchev–Trinajstić information content (AvgIpc) is 3.13. The maximum Gasteiger partial charge on any atom is 0.180 e. The van der Waals surface area contributed by atoms with Crippen LogP contribution < -0.4 is 0 Å². The SMILES string of the molecule is CCC(=O)c1cc(-c2ccnn2C)c2c(C)c(-c3ccncc3)c(C)cc2n1. The smallest absolute Gasteiger partial charge is 0.180 e. The highest BCUT2D eigenvalue weighted by molar-refractivity contribution is 6.05. The van der Waals surface area contributed by atoms with E-state index in [0.29, 0.717) is 12.1 Å². The number of Topliss-reactive ketones (excluding diaryl/α,β-unsaturated/α-hetero) is 1. The third-order valence-corrected chi connectivity index (χ3v) is 5.22. The fourth-order valence-electron chi connectivity index (χ4n) is 3.89. The maximum absolute atomic E-state index is 12.4. The van der Waals surface area contributed by atoms with Crippen molar-refractivity contribution < 1.29 is 4.79 Å². The topological polar surface area (TPSA) is 60.7 Å². The van der Waals surface area contributed by atoms with Gasteiger partial charge in [0.25, 0.3) is 0 Å². The Hall–Kier alpha value is -3.34. The van der Waals surface area contributed by atoms with E-state index >= 15 is 0 Å². The van der Waals surface area contributed by atoms with E-state index in [4.69, 9.17) is 4.98 Å². The molecule has 1 aromatic carbocycles. The second-order valence-corrected chi connectivity index (χ2v) is 7.00. The molecule has 0 fully saturated rings. The molecule has 3 aromatic heterocycles. The number of carbonyl (C=O) groups excluding carboxylic acids is 1. The number of hydrogen-bond donors (Lipinski definition) is 0. The first kappa shape index (κ1) is 18.0. The van der Waals surface area contributed by atoms with E-state index in [-0.39, 0.29) is 5.78 Å². The zero-order chi connectivity index (χ0) is 19.8. The average molecular weight is 370 g/mol. The van der Waals surface area contributed by atoms with Gasteiger partial charge in [0, 0.05) is 43.0 Å². The van der Waals surface area contributed by atoms with Crippen molar-refractivity contribution in [1.82, 2.24) is 19.7 Å². The predicted octanol–water partition coefficient (Wildman–Crippen LogP) is 4.91. The molecule has 0 saturated carbocycles. The van der Waals surface area contributed by atoms with Crippen molar-refractivity contribution in [1.29, 1.82) is 0 Å². The molecule has 140 valence electrons. The first-order valence-corrected chi connectivity index (χ1v) is 9.38. The van der Waals surface area contributed by atoms with Crippen molar-refractivity contribution in [2.75, 3.05) is 0 Å². The molecule has 4 aromatic rings. The highest BCUT2D eigenvalue weighted by Crippen LogP contribution is 2.37. The molecule has 0 aliphatic heterocycles. The molecule has 0 saturated heterocycles. The van der Waals surface area contributed by atoms with Crippen molar-refractivity contribution in [3.63, 3.8) is 0 Å². The molecule has 28 heavy (non-hydrogen) atoms. The Labute approximate surface area is 164 Å². The van der Waals surface area contributed by atoms with E-state index in [9.17, 15) is 4.79 Å². The van der Waals surface area contributed by atoms with E-state index in [2.05, 4.69) is 30.0 Å². The van der Waals surface area contributed by atoms with Crippen molar-refractivity contribution in [3.8, 4) is 22.4 Å². The number of carbonyl (C=O) groups is 1. The lowest BCUT2D eigenvalue weighted by atomic mass is 9.90. The summed E-state index contributed by atoms with van der Waals surface area (Å²) in [4.78, 5) is 21.3. The standard InChI is InChI=1S/C23H22N4O/c1-5-21(28)18-13-17(20-8-11-25-27(20)4)23-15(3)22(14(2)12-19(23)26-18)16-6-9-24-10-7-16/h6-13H,5H2,1-4H3. The fourth-order valence-corrected chi connectivity index (χ4v) is 3.89. The molecule has 0 N–H and O–H groups in total. The summed E-state index contributed by atoms with van der Waals surface area (Å²) in [6.07, 6.45) is 5.82. The van der Waals surface area contributed by atoms with Crippen LogP contribution >= 0.6 is 0 Å². The minimum absolute atomic E-state index is 0.0406. The summed E-state index contributed by atoms with van der Waals surface area (Å²) in [5.74, 6) is 0.0406. The number of nitrogens with zero attached hydrogens (tertiary/aromatic N) is 4. The normalized spacial score (nSPS) is 11.1. The third kappa shape index (κ3) is 2.89. The molecular formula is C23H22N4O. The summed E-state index contributed by atoms with van der Waals surface area (Å²) >= 11 is 0. The van der Waals surface area contributed by atoms with Crippen LogP contribution in [-0.2, 0) is 7.05 Å². The highest BCUT2D eigenvalue weighted by Gasteiger charge is 2.19. The number of aryl methyl sites for hydroxylation is 3. The summed E-state index contributed by atoms with van der Waals surface area (Å²) in [5, 5.41) is 5.38. The van der Waals surface area contributed by atoms with Crippen LogP contribution in [0.3, 0.4) is 0 Å². The number of benzene rings is 1. The summed E-state index contributed by atoms with van der Waals surface area (Å²) in [7, 11) is 1.91. The van der Waals surface area contributed by atoms with Crippen LogP contribution in [0.25, 0.3) is 33.3 Å². The number of ketones is 1. The number of aromatic nitrogens is 4. The largest absolute Gasteiger partial charge is 0.292 e. The van der Waals surface area contributed by atoms with Gasteiger partial charge in [-0.25, -0.2) is 4.98 Å². The lowest BCUT2D eigenvalue weighted by Gasteiger charge is -2.17. The molecule has 0 amide bonds. The zero-order valence-electron chi connectivity index (χ0n) is 16.5. The Morgan fingerprint density at radius 3 is 2.46 bits per heavy atom. The van der Waals surface area contributed by atoms with Crippen molar-refractivity contribution in [3.05, 3.63) is 65.7 Å². The molecule has 5 nitrogen and oxygen atoms in total. The molecule has 0 unspecified atom stereocenters. The number of pyridine rings is 2. The van der Waals surface area contributed by atoms with Crippen molar-refractivity contribution in [2.45, 2.75) is 27.2 Å². The molecule has 0 atom stereocenters. The Balaban J connectivity index is 2.12. The molecule has 0 aliphatic carbocycles. The van der Waals surface area contributed by atoms with Gasteiger partial charge in [-0.05, 0) is 66.4 Å². The molecule has 0 aliphatic rings. The van der Waals surface area contributed by atoms with E-state index in [1.807, 2.05) is 55.3 Å². The van der Waals surface area contributed by atoms with Crippen LogP contribution in [0.4, 0.5) is 0 Å². The Morgan fingerprint density at radius 2 is 1.82 bits per heavy atom. The first-order valence-electron chi connectivity index (χ1n) is 9.38. The Bertz CT molecular complexity index is 1190. The zero-order valence-corrected chi connectivity index (χ0v) is 16.5. The van der Waals surface area contributed by atoms with Gasteiger partial charge in [0.15, 0.2) is 5.78 Å². The monoisotopic (exact) mass is 370 g/mol. The van der Waals surface area contributed by atoms with Gasteiger partial charge >= 0.3 is 0 Å². The predicted molar refractivity (Wildman–Crippen MR) is 111 cm³/mol. The van der Waals surface area contributed by atoms with E-state index in [1.165, 1.54) is 5.56 Å². The van der Waals surface area contributed by atoms with Gasteiger partial charge < -0.3 is 0 Å². The van der Waals surface area contributed by atoms with Crippen molar-refractivity contribution in [2.24, 2.45) is 7.05 Å².